The number of rotatable bonds is 3. The monoisotopic (exact) mass is 333 g/mol. The first-order valence-corrected chi connectivity index (χ1v) is 8.13. The van der Waals surface area contributed by atoms with Crippen LogP contribution in [0.5, 0.6) is 5.75 Å². The van der Waals surface area contributed by atoms with Crippen LogP contribution in [-0.4, -0.2) is 26.5 Å². The van der Waals surface area contributed by atoms with Gasteiger partial charge in [0.2, 0.25) is 0 Å². The Labute approximate surface area is 139 Å². The number of nitrogens with zero attached hydrogens (tertiary/aromatic N) is 2. The maximum absolute atomic E-state index is 12.3. The molecule has 1 aromatic carbocycles. The second-order valence-electron chi connectivity index (χ2n) is 6.27. The topological polar surface area (TPSA) is 69.2 Å². The zero-order chi connectivity index (χ0) is 16.6. The van der Waals surface area contributed by atoms with Gasteiger partial charge in [-0.3, -0.25) is 9.69 Å². The number of benzene rings is 1. The van der Waals surface area contributed by atoms with Crippen LogP contribution in [0.2, 0.25) is 5.02 Å². The van der Waals surface area contributed by atoms with Crippen molar-refractivity contribution in [1.29, 1.82) is 0 Å². The van der Waals surface area contributed by atoms with Gasteiger partial charge in [0, 0.05) is 37.0 Å². The van der Waals surface area contributed by atoms with E-state index in [0.717, 1.165) is 35.6 Å². The SMILES string of the molecule is CC(C)c1nc2c(c(=O)[nH]1)CN(Cc1ccc(O)cc1Cl)CC2. The highest BCUT2D eigenvalue weighted by molar-refractivity contribution is 6.31. The van der Waals surface area contributed by atoms with E-state index in [1.54, 1.807) is 6.07 Å². The molecule has 2 N–H and O–H groups in total. The molecule has 0 amide bonds. The summed E-state index contributed by atoms with van der Waals surface area (Å²) in [6, 6.07) is 4.98. The molecule has 0 aliphatic carbocycles. The number of nitrogens with one attached hydrogen (secondary N) is 1. The number of aromatic amines is 1. The molecule has 0 unspecified atom stereocenters. The van der Waals surface area contributed by atoms with Crippen molar-refractivity contribution < 1.29 is 5.11 Å². The molecule has 2 heterocycles. The fraction of sp³-hybridized carbons (Fsp3) is 0.412. The highest BCUT2D eigenvalue weighted by Gasteiger charge is 2.22. The minimum Gasteiger partial charge on any atom is -0.508 e. The molecule has 3 rings (SSSR count). The van der Waals surface area contributed by atoms with E-state index in [-0.39, 0.29) is 17.2 Å². The van der Waals surface area contributed by atoms with Crippen molar-refractivity contribution in [2.45, 2.75) is 39.3 Å². The van der Waals surface area contributed by atoms with Gasteiger partial charge in [-0.2, -0.15) is 0 Å². The Balaban J connectivity index is 1.82. The average molecular weight is 334 g/mol. The van der Waals surface area contributed by atoms with Crippen molar-refractivity contribution in [2.24, 2.45) is 0 Å². The molecule has 1 aliphatic heterocycles. The lowest BCUT2D eigenvalue weighted by atomic mass is 10.0. The third-order valence-corrected chi connectivity index (χ3v) is 4.50. The maximum Gasteiger partial charge on any atom is 0.255 e. The van der Waals surface area contributed by atoms with Gasteiger partial charge in [-0.05, 0) is 17.7 Å². The van der Waals surface area contributed by atoms with E-state index >= 15 is 0 Å². The minimum atomic E-state index is -0.0415. The largest absolute Gasteiger partial charge is 0.508 e. The van der Waals surface area contributed by atoms with Crippen LogP contribution in [0.1, 0.15) is 42.4 Å². The molecule has 23 heavy (non-hydrogen) atoms. The van der Waals surface area contributed by atoms with Gasteiger partial charge >= 0.3 is 0 Å². The number of hydrogen-bond donors (Lipinski definition) is 2. The Morgan fingerprint density at radius 1 is 1.43 bits per heavy atom. The van der Waals surface area contributed by atoms with Crippen LogP contribution in [0.4, 0.5) is 0 Å². The maximum atomic E-state index is 12.3. The van der Waals surface area contributed by atoms with Crippen LogP contribution in [0.25, 0.3) is 0 Å². The predicted molar refractivity (Wildman–Crippen MR) is 89.9 cm³/mol. The van der Waals surface area contributed by atoms with Gasteiger partial charge in [0.1, 0.15) is 11.6 Å². The average Bonchev–Trinajstić information content (AvgIpc) is 2.50. The van der Waals surface area contributed by atoms with Crippen LogP contribution in [0, 0.1) is 0 Å². The number of H-pyrrole nitrogens is 1. The van der Waals surface area contributed by atoms with Crippen molar-refractivity contribution in [1.82, 2.24) is 14.9 Å². The number of halogens is 1. The number of hydrogen-bond acceptors (Lipinski definition) is 4. The van der Waals surface area contributed by atoms with Crippen molar-refractivity contribution in [3.05, 3.63) is 56.2 Å². The fourth-order valence-corrected chi connectivity index (χ4v) is 3.05. The molecule has 0 fully saturated rings. The summed E-state index contributed by atoms with van der Waals surface area (Å²) >= 11 is 6.17. The third-order valence-electron chi connectivity index (χ3n) is 4.14. The van der Waals surface area contributed by atoms with Crippen LogP contribution < -0.4 is 5.56 Å². The van der Waals surface area contributed by atoms with E-state index < -0.39 is 0 Å². The van der Waals surface area contributed by atoms with Gasteiger partial charge in [-0.15, -0.1) is 0 Å². The lowest BCUT2D eigenvalue weighted by Crippen LogP contribution is -2.36. The molecular formula is C17H20ClN3O2. The summed E-state index contributed by atoms with van der Waals surface area (Å²) < 4.78 is 0. The molecule has 0 saturated carbocycles. The van der Waals surface area contributed by atoms with Crippen molar-refractivity contribution in [2.75, 3.05) is 6.54 Å². The highest BCUT2D eigenvalue weighted by Crippen LogP contribution is 2.25. The summed E-state index contributed by atoms with van der Waals surface area (Å²) in [4.78, 5) is 22.0. The molecule has 122 valence electrons. The van der Waals surface area contributed by atoms with E-state index in [1.807, 2.05) is 19.9 Å². The standard InChI is InChI=1S/C17H20ClN3O2/c1-10(2)16-19-15-5-6-21(9-13(15)17(23)20-16)8-11-3-4-12(22)7-14(11)18/h3-4,7,10,22H,5-6,8-9H2,1-2H3,(H,19,20,23). The van der Waals surface area contributed by atoms with E-state index in [1.165, 1.54) is 6.07 Å². The Morgan fingerprint density at radius 3 is 2.91 bits per heavy atom. The van der Waals surface area contributed by atoms with Gasteiger partial charge in [0.15, 0.2) is 0 Å². The molecule has 1 aromatic heterocycles. The van der Waals surface area contributed by atoms with Gasteiger partial charge in [-0.25, -0.2) is 4.98 Å². The van der Waals surface area contributed by atoms with Gasteiger partial charge < -0.3 is 10.1 Å². The van der Waals surface area contributed by atoms with Crippen LogP contribution in [0.3, 0.4) is 0 Å². The quantitative estimate of drug-likeness (QED) is 0.906. The van der Waals surface area contributed by atoms with Crippen LogP contribution >= 0.6 is 11.6 Å². The molecule has 0 saturated heterocycles. The minimum absolute atomic E-state index is 0.0415. The van der Waals surface area contributed by atoms with Crippen molar-refractivity contribution in [3.63, 3.8) is 0 Å². The number of phenolic OH excluding ortho intramolecular Hbond substituents is 1. The summed E-state index contributed by atoms with van der Waals surface area (Å²) in [5.74, 6) is 1.12. The Hall–Kier alpha value is -1.85. The van der Waals surface area contributed by atoms with Gasteiger partial charge in [-0.1, -0.05) is 31.5 Å². The van der Waals surface area contributed by atoms with E-state index in [9.17, 15) is 9.90 Å². The first kappa shape index (κ1) is 16.0. The summed E-state index contributed by atoms with van der Waals surface area (Å²) in [7, 11) is 0. The normalized spacial score (nSPS) is 15.0. The second-order valence-corrected chi connectivity index (χ2v) is 6.67. The fourth-order valence-electron chi connectivity index (χ4n) is 2.81. The van der Waals surface area contributed by atoms with E-state index in [2.05, 4.69) is 14.9 Å². The highest BCUT2D eigenvalue weighted by atomic mass is 35.5. The van der Waals surface area contributed by atoms with Gasteiger partial charge in [0.05, 0.1) is 11.3 Å². The molecule has 0 atom stereocenters. The van der Waals surface area contributed by atoms with E-state index in [0.29, 0.717) is 18.1 Å². The van der Waals surface area contributed by atoms with Crippen LogP contribution in [-0.2, 0) is 19.5 Å². The number of aromatic hydroxyl groups is 1. The molecular weight excluding hydrogens is 314 g/mol. The smallest absolute Gasteiger partial charge is 0.255 e. The van der Waals surface area contributed by atoms with Crippen molar-refractivity contribution >= 4 is 11.6 Å². The molecule has 0 radical (unpaired) electrons. The third kappa shape index (κ3) is 3.41. The molecule has 1 aliphatic rings. The van der Waals surface area contributed by atoms with Gasteiger partial charge in [0.25, 0.3) is 5.56 Å². The zero-order valence-electron chi connectivity index (χ0n) is 13.3. The summed E-state index contributed by atoms with van der Waals surface area (Å²) in [5.41, 5.74) is 2.55. The first-order chi connectivity index (χ1) is 10.9. The zero-order valence-corrected chi connectivity index (χ0v) is 14.0. The Kier molecular flexibility index (Phi) is 4.41. The van der Waals surface area contributed by atoms with Crippen LogP contribution in [0.15, 0.2) is 23.0 Å². The molecule has 0 spiro atoms. The Bertz CT molecular complexity index is 786. The first-order valence-electron chi connectivity index (χ1n) is 7.75. The number of fused-ring (bicyclic) bond motifs is 1. The molecule has 0 bridgehead atoms. The molecule has 5 nitrogen and oxygen atoms in total. The van der Waals surface area contributed by atoms with E-state index in [4.69, 9.17) is 11.6 Å². The predicted octanol–water partition coefficient (Wildman–Crippen LogP) is 2.81. The van der Waals surface area contributed by atoms with Crippen molar-refractivity contribution in [3.8, 4) is 5.75 Å². The second kappa shape index (κ2) is 6.34. The lowest BCUT2D eigenvalue weighted by molar-refractivity contribution is 0.241. The number of phenols is 1. The number of aromatic nitrogens is 2. The Morgan fingerprint density at radius 2 is 2.22 bits per heavy atom. The molecule has 6 heteroatoms. The summed E-state index contributed by atoms with van der Waals surface area (Å²) in [5, 5.41) is 9.97. The molecule has 2 aromatic rings. The lowest BCUT2D eigenvalue weighted by Gasteiger charge is -2.28. The summed E-state index contributed by atoms with van der Waals surface area (Å²) in [6.45, 7) is 6.08. The summed E-state index contributed by atoms with van der Waals surface area (Å²) in [6.07, 6.45) is 0.759.